The van der Waals surface area contributed by atoms with E-state index in [-0.39, 0.29) is 0 Å². The number of nitrogens with zero attached hydrogens (tertiary/aromatic N) is 1. The number of rotatable bonds is 3. The zero-order chi connectivity index (χ0) is 13.2. The maximum absolute atomic E-state index is 6.00. The van der Waals surface area contributed by atoms with E-state index in [9.17, 15) is 0 Å². The molecule has 0 saturated heterocycles. The molecular formula is C15H19ClN2S. The molecule has 0 unspecified atom stereocenters. The minimum atomic E-state index is 0.596. The van der Waals surface area contributed by atoms with E-state index in [0.29, 0.717) is 6.04 Å². The molecule has 1 aliphatic carbocycles. The molecule has 2 nitrogen and oxygen atoms in total. The number of benzene rings is 1. The lowest BCUT2D eigenvalue weighted by atomic mass is 9.85. The van der Waals surface area contributed by atoms with Gasteiger partial charge in [0.1, 0.15) is 0 Å². The summed E-state index contributed by atoms with van der Waals surface area (Å²) in [4.78, 5) is 4.63. The van der Waals surface area contributed by atoms with Crippen LogP contribution >= 0.6 is 22.9 Å². The highest BCUT2D eigenvalue weighted by Gasteiger charge is 2.20. The van der Waals surface area contributed by atoms with Crippen LogP contribution in [0.3, 0.4) is 0 Å². The lowest BCUT2D eigenvalue weighted by Gasteiger charge is -2.28. The Morgan fingerprint density at radius 2 is 2.11 bits per heavy atom. The number of nitrogens with one attached hydrogen (secondary N) is 1. The molecule has 3 rings (SSSR count). The van der Waals surface area contributed by atoms with Gasteiger partial charge >= 0.3 is 0 Å². The molecule has 1 saturated carbocycles. The van der Waals surface area contributed by atoms with Gasteiger partial charge in [0.05, 0.1) is 10.2 Å². The number of aromatic nitrogens is 1. The third-order valence-corrected chi connectivity index (χ3v) is 5.30. The van der Waals surface area contributed by atoms with E-state index in [0.717, 1.165) is 21.6 Å². The Morgan fingerprint density at radius 3 is 2.84 bits per heavy atom. The first-order valence-corrected chi connectivity index (χ1v) is 8.26. The maximum atomic E-state index is 6.00. The fourth-order valence-electron chi connectivity index (χ4n) is 2.85. The van der Waals surface area contributed by atoms with Crippen molar-refractivity contribution in [3.63, 3.8) is 0 Å². The van der Waals surface area contributed by atoms with Crippen LogP contribution in [0.5, 0.6) is 0 Å². The minimum Gasteiger partial charge on any atom is -0.359 e. The summed E-state index contributed by atoms with van der Waals surface area (Å²) in [5, 5.41) is 5.40. The summed E-state index contributed by atoms with van der Waals surface area (Å²) in [5.74, 6) is 0.937. The highest BCUT2D eigenvalue weighted by Crippen LogP contribution is 2.32. The number of fused-ring (bicyclic) bond motifs is 1. The van der Waals surface area contributed by atoms with Crippen LogP contribution in [0.2, 0.25) is 5.02 Å². The van der Waals surface area contributed by atoms with Gasteiger partial charge in [0.2, 0.25) is 0 Å². The van der Waals surface area contributed by atoms with Crippen LogP contribution in [0, 0.1) is 5.92 Å². The van der Waals surface area contributed by atoms with Crippen LogP contribution in [0.4, 0.5) is 5.13 Å². The van der Waals surface area contributed by atoms with E-state index in [4.69, 9.17) is 11.6 Å². The third kappa shape index (κ3) is 3.03. The smallest absolute Gasteiger partial charge is 0.184 e. The van der Waals surface area contributed by atoms with Gasteiger partial charge in [-0.15, -0.1) is 0 Å². The predicted octanol–water partition coefficient (Wildman–Crippen LogP) is 5.33. The van der Waals surface area contributed by atoms with Crippen LogP contribution in [0.25, 0.3) is 10.2 Å². The molecule has 0 bridgehead atoms. The van der Waals surface area contributed by atoms with Gasteiger partial charge in [-0.1, -0.05) is 36.3 Å². The Hall–Kier alpha value is -0.800. The van der Waals surface area contributed by atoms with Gasteiger partial charge in [0.25, 0.3) is 0 Å². The molecule has 0 aliphatic heterocycles. The van der Waals surface area contributed by atoms with Crippen molar-refractivity contribution in [1.82, 2.24) is 4.98 Å². The van der Waals surface area contributed by atoms with Gasteiger partial charge in [-0.05, 0) is 49.8 Å². The van der Waals surface area contributed by atoms with Gasteiger partial charge in [0, 0.05) is 11.1 Å². The quantitative estimate of drug-likeness (QED) is 0.827. The van der Waals surface area contributed by atoms with Crippen LogP contribution < -0.4 is 5.32 Å². The highest BCUT2D eigenvalue weighted by atomic mass is 35.5. The summed E-state index contributed by atoms with van der Waals surface area (Å²) in [6.07, 6.45) is 6.58. The Labute approximate surface area is 123 Å². The fraction of sp³-hybridized carbons (Fsp3) is 0.533. The molecule has 1 fully saturated rings. The molecule has 2 aromatic rings. The molecule has 102 valence electrons. The fourth-order valence-corrected chi connectivity index (χ4v) is 3.94. The van der Waals surface area contributed by atoms with Crippen molar-refractivity contribution in [2.45, 2.75) is 45.1 Å². The van der Waals surface area contributed by atoms with Gasteiger partial charge < -0.3 is 5.32 Å². The van der Waals surface area contributed by atoms with Gasteiger partial charge in [0.15, 0.2) is 5.13 Å². The topological polar surface area (TPSA) is 24.9 Å². The second-order valence-electron chi connectivity index (χ2n) is 5.40. The predicted molar refractivity (Wildman–Crippen MR) is 84.3 cm³/mol. The second kappa shape index (κ2) is 5.68. The van der Waals surface area contributed by atoms with E-state index >= 15 is 0 Å². The molecular weight excluding hydrogens is 276 g/mol. The number of thiazole rings is 1. The lowest BCUT2D eigenvalue weighted by molar-refractivity contribution is 0.330. The number of halogens is 1. The molecule has 19 heavy (non-hydrogen) atoms. The summed E-state index contributed by atoms with van der Waals surface area (Å²) in [5.41, 5.74) is 1.00. The Balaban J connectivity index is 1.68. The lowest BCUT2D eigenvalue weighted by Crippen LogP contribution is -2.25. The molecule has 1 heterocycles. The van der Waals surface area contributed by atoms with Crippen molar-refractivity contribution in [2.24, 2.45) is 5.92 Å². The average molecular weight is 295 g/mol. The molecule has 1 N–H and O–H groups in total. The summed E-state index contributed by atoms with van der Waals surface area (Å²) in [6.45, 7) is 2.30. The third-order valence-electron chi connectivity index (χ3n) is 4.10. The van der Waals surface area contributed by atoms with Gasteiger partial charge in [-0.3, -0.25) is 0 Å². The van der Waals surface area contributed by atoms with Crippen molar-refractivity contribution in [2.75, 3.05) is 5.32 Å². The molecule has 4 heteroatoms. The average Bonchev–Trinajstić information content (AvgIpc) is 2.81. The molecule has 0 atom stereocenters. The van der Waals surface area contributed by atoms with Crippen molar-refractivity contribution >= 4 is 38.3 Å². The summed E-state index contributed by atoms with van der Waals surface area (Å²) >= 11 is 7.72. The van der Waals surface area contributed by atoms with E-state index in [2.05, 4.69) is 23.3 Å². The number of hydrogen-bond acceptors (Lipinski definition) is 3. The van der Waals surface area contributed by atoms with Crippen LogP contribution in [0.15, 0.2) is 18.2 Å². The van der Waals surface area contributed by atoms with Crippen molar-refractivity contribution < 1.29 is 0 Å². The summed E-state index contributed by atoms with van der Waals surface area (Å²) in [6, 6.07) is 6.51. The standard InChI is InChI=1S/C15H19ClN2S/c1-2-10-3-6-12(7-4-10)17-15-18-13-9-11(16)5-8-14(13)19-15/h5,8-10,12H,2-4,6-7H2,1H3,(H,17,18). The molecule has 0 radical (unpaired) electrons. The SMILES string of the molecule is CCC1CCC(Nc2nc3cc(Cl)ccc3s2)CC1. The molecule has 1 aromatic heterocycles. The summed E-state index contributed by atoms with van der Waals surface area (Å²) < 4.78 is 1.20. The normalized spacial score (nSPS) is 23.7. The number of anilines is 1. The molecule has 0 amide bonds. The Kier molecular flexibility index (Phi) is 3.94. The first-order chi connectivity index (χ1) is 9.24. The summed E-state index contributed by atoms with van der Waals surface area (Å²) in [7, 11) is 0. The Bertz CT molecular complexity index is 558. The minimum absolute atomic E-state index is 0.596. The molecule has 1 aliphatic rings. The monoisotopic (exact) mass is 294 g/mol. The Morgan fingerprint density at radius 1 is 1.32 bits per heavy atom. The zero-order valence-electron chi connectivity index (χ0n) is 11.2. The van der Waals surface area contributed by atoms with Crippen LogP contribution in [-0.2, 0) is 0 Å². The van der Waals surface area contributed by atoms with Crippen molar-refractivity contribution in [3.8, 4) is 0 Å². The van der Waals surface area contributed by atoms with Crippen LogP contribution in [0.1, 0.15) is 39.0 Å². The first-order valence-electron chi connectivity index (χ1n) is 7.07. The largest absolute Gasteiger partial charge is 0.359 e. The van der Waals surface area contributed by atoms with E-state index < -0.39 is 0 Å². The van der Waals surface area contributed by atoms with E-state index in [1.54, 1.807) is 11.3 Å². The van der Waals surface area contributed by atoms with E-state index in [1.165, 1.54) is 36.8 Å². The number of hydrogen-bond donors (Lipinski definition) is 1. The maximum Gasteiger partial charge on any atom is 0.184 e. The second-order valence-corrected chi connectivity index (χ2v) is 6.87. The van der Waals surface area contributed by atoms with Gasteiger partial charge in [-0.25, -0.2) is 4.98 Å². The van der Waals surface area contributed by atoms with Crippen LogP contribution in [-0.4, -0.2) is 11.0 Å². The van der Waals surface area contributed by atoms with Crippen molar-refractivity contribution in [1.29, 1.82) is 0 Å². The highest BCUT2D eigenvalue weighted by molar-refractivity contribution is 7.22. The van der Waals surface area contributed by atoms with Gasteiger partial charge in [-0.2, -0.15) is 0 Å². The molecule has 0 spiro atoms. The molecule has 1 aromatic carbocycles. The van der Waals surface area contributed by atoms with E-state index in [1.807, 2.05) is 12.1 Å². The first kappa shape index (κ1) is 13.2. The van der Waals surface area contributed by atoms with Crippen molar-refractivity contribution in [3.05, 3.63) is 23.2 Å². The zero-order valence-corrected chi connectivity index (χ0v) is 12.7.